The van der Waals surface area contributed by atoms with Gasteiger partial charge < -0.3 is 9.47 Å². The number of aryl methyl sites for hydroxylation is 1. The Balaban J connectivity index is 1.71. The highest BCUT2D eigenvalue weighted by Crippen LogP contribution is 2.35. The number of nitrogens with zero attached hydrogens (tertiary/aromatic N) is 3. The average Bonchev–Trinajstić information content (AvgIpc) is 3.27. The third kappa shape index (κ3) is 3.32. The van der Waals surface area contributed by atoms with E-state index in [0.29, 0.717) is 24.1 Å². The highest BCUT2D eigenvalue weighted by atomic mass is 28.3. The molecule has 0 saturated heterocycles. The summed E-state index contributed by atoms with van der Waals surface area (Å²) < 4.78 is 16.5. The summed E-state index contributed by atoms with van der Waals surface area (Å²) in [6, 6.07) is 4.54. The van der Waals surface area contributed by atoms with Crippen LogP contribution in [0.4, 0.5) is 4.39 Å². The van der Waals surface area contributed by atoms with E-state index in [1.165, 1.54) is 6.07 Å². The molecule has 3 heterocycles. The molecule has 6 heteroatoms. The molecule has 1 unspecified atom stereocenters. The van der Waals surface area contributed by atoms with Gasteiger partial charge in [-0.15, -0.1) is 11.5 Å². The van der Waals surface area contributed by atoms with Crippen LogP contribution in [0.5, 0.6) is 0 Å². The number of hydrogen-bond acceptors (Lipinski definition) is 2. The zero-order valence-corrected chi connectivity index (χ0v) is 17.1. The predicted octanol–water partition coefficient (Wildman–Crippen LogP) is 3.94. The van der Waals surface area contributed by atoms with Gasteiger partial charge in [0.05, 0.1) is 24.5 Å². The van der Waals surface area contributed by atoms with Crippen molar-refractivity contribution in [2.24, 2.45) is 0 Å². The summed E-state index contributed by atoms with van der Waals surface area (Å²) in [6.07, 6.45) is 4.47. The Morgan fingerprint density at radius 1 is 1.33 bits per heavy atom. The highest BCUT2D eigenvalue weighted by molar-refractivity contribution is 6.83. The lowest BCUT2D eigenvalue weighted by atomic mass is 10.1. The van der Waals surface area contributed by atoms with Crippen LogP contribution in [-0.2, 0) is 19.5 Å². The molecule has 0 aliphatic carbocycles. The molecule has 0 fully saturated rings. The van der Waals surface area contributed by atoms with Crippen molar-refractivity contribution in [1.29, 1.82) is 0 Å². The maximum Gasteiger partial charge on any atom is 0.255 e. The van der Waals surface area contributed by atoms with E-state index in [4.69, 9.17) is 0 Å². The summed E-state index contributed by atoms with van der Waals surface area (Å²) in [5, 5.41) is 0. The fraction of sp³-hybridized carbons (Fsp3) is 0.429. The van der Waals surface area contributed by atoms with Gasteiger partial charge in [-0.25, -0.2) is 9.37 Å². The Morgan fingerprint density at radius 2 is 2.15 bits per heavy atom. The summed E-state index contributed by atoms with van der Waals surface area (Å²) in [7, 11) is -1.51. The van der Waals surface area contributed by atoms with E-state index < -0.39 is 8.07 Å². The van der Waals surface area contributed by atoms with E-state index in [0.717, 1.165) is 30.9 Å². The molecule has 27 heavy (non-hydrogen) atoms. The molecule has 0 saturated carbocycles. The van der Waals surface area contributed by atoms with Crippen molar-refractivity contribution in [1.82, 2.24) is 14.5 Å². The molecular weight excluding hydrogens is 357 g/mol. The first-order chi connectivity index (χ1) is 12.8. The second-order valence-electron chi connectivity index (χ2n) is 8.33. The summed E-state index contributed by atoms with van der Waals surface area (Å²) >= 11 is 0. The molecule has 140 valence electrons. The van der Waals surface area contributed by atoms with Crippen molar-refractivity contribution in [3.8, 4) is 11.5 Å². The second-order valence-corrected chi connectivity index (χ2v) is 13.1. The van der Waals surface area contributed by atoms with Crippen LogP contribution in [0.1, 0.15) is 46.3 Å². The van der Waals surface area contributed by atoms with Crippen LogP contribution in [0, 0.1) is 17.3 Å². The molecule has 1 aromatic carbocycles. The number of carbonyl (C=O) groups is 1. The minimum atomic E-state index is -1.51. The van der Waals surface area contributed by atoms with Crippen molar-refractivity contribution in [2.75, 3.05) is 0 Å². The fourth-order valence-corrected chi connectivity index (χ4v) is 4.54. The van der Waals surface area contributed by atoms with Gasteiger partial charge in [0, 0.05) is 30.5 Å². The van der Waals surface area contributed by atoms with Crippen molar-refractivity contribution in [3.63, 3.8) is 0 Å². The number of imidazole rings is 1. The monoisotopic (exact) mass is 381 g/mol. The van der Waals surface area contributed by atoms with Gasteiger partial charge in [0.1, 0.15) is 19.7 Å². The summed E-state index contributed by atoms with van der Waals surface area (Å²) in [6.45, 7) is 7.83. The van der Waals surface area contributed by atoms with Gasteiger partial charge in [0.2, 0.25) is 0 Å². The third-order valence-corrected chi connectivity index (χ3v) is 6.09. The van der Waals surface area contributed by atoms with Crippen molar-refractivity contribution >= 4 is 14.0 Å². The molecule has 0 N–H and O–H groups in total. The zero-order valence-electron chi connectivity index (χ0n) is 16.1. The van der Waals surface area contributed by atoms with Crippen LogP contribution >= 0.6 is 0 Å². The summed E-state index contributed by atoms with van der Waals surface area (Å²) in [5.41, 5.74) is 5.39. The molecular formula is C21H24FN3OSi. The van der Waals surface area contributed by atoms with E-state index in [-0.39, 0.29) is 17.8 Å². The quantitative estimate of drug-likeness (QED) is 0.597. The fourth-order valence-electron chi connectivity index (χ4n) is 3.90. The zero-order chi connectivity index (χ0) is 19.2. The van der Waals surface area contributed by atoms with Gasteiger partial charge in [0.25, 0.3) is 5.91 Å². The lowest BCUT2D eigenvalue weighted by Crippen LogP contribution is -2.30. The topological polar surface area (TPSA) is 38.1 Å². The molecule has 4 rings (SSSR count). The number of hydrogen-bond donors (Lipinski definition) is 0. The molecule has 0 bridgehead atoms. The third-order valence-electron chi connectivity index (χ3n) is 5.17. The first-order valence-electron chi connectivity index (χ1n) is 9.48. The molecule has 4 nitrogen and oxygen atoms in total. The Bertz CT molecular complexity index is 964. The Morgan fingerprint density at radius 3 is 2.89 bits per heavy atom. The van der Waals surface area contributed by atoms with E-state index in [9.17, 15) is 9.18 Å². The number of amides is 1. The van der Waals surface area contributed by atoms with Crippen molar-refractivity contribution < 1.29 is 9.18 Å². The molecule has 0 radical (unpaired) electrons. The molecule has 1 atom stereocenters. The van der Waals surface area contributed by atoms with Crippen molar-refractivity contribution in [3.05, 3.63) is 52.9 Å². The first-order valence-corrected chi connectivity index (χ1v) is 13.0. The number of halogens is 1. The number of carbonyl (C=O) groups excluding carboxylic acids is 1. The van der Waals surface area contributed by atoms with Crippen LogP contribution in [0.3, 0.4) is 0 Å². The average molecular weight is 382 g/mol. The minimum absolute atomic E-state index is 0.113. The van der Waals surface area contributed by atoms with E-state index in [1.54, 1.807) is 17.0 Å². The van der Waals surface area contributed by atoms with Crippen molar-refractivity contribution in [2.45, 2.75) is 58.0 Å². The van der Waals surface area contributed by atoms with E-state index in [2.05, 4.69) is 40.7 Å². The molecule has 1 amide bonds. The van der Waals surface area contributed by atoms with Gasteiger partial charge in [-0.1, -0.05) is 25.7 Å². The first kappa shape index (κ1) is 18.0. The Kier molecular flexibility index (Phi) is 4.43. The van der Waals surface area contributed by atoms with E-state index in [1.807, 2.05) is 6.20 Å². The smallest absolute Gasteiger partial charge is 0.255 e. The van der Waals surface area contributed by atoms with Gasteiger partial charge >= 0.3 is 0 Å². The number of benzene rings is 1. The molecule has 2 aliphatic heterocycles. The largest absolute Gasteiger partial charge is 0.330 e. The Hall–Kier alpha value is -2.39. The van der Waals surface area contributed by atoms with Crippen LogP contribution < -0.4 is 0 Å². The van der Waals surface area contributed by atoms with Crippen LogP contribution in [0.15, 0.2) is 24.4 Å². The Labute approximate surface area is 160 Å². The van der Waals surface area contributed by atoms with Crippen LogP contribution in [0.2, 0.25) is 19.6 Å². The standard InChI is InChI=1S/C21H24FN3OSi/c1-27(2,3)12-6-9-18(19-13-23-20-10-5-11-24(19)20)25-14-16-15(21(25)26)7-4-8-17(16)22/h4,7-8,13,18H,5,9-11,14H2,1-3H3. The molecule has 2 aromatic rings. The summed E-state index contributed by atoms with van der Waals surface area (Å²) in [5.74, 6) is 3.97. The maximum absolute atomic E-state index is 14.3. The molecule has 2 aliphatic rings. The van der Waals surface area contributed by atoms with Gasteiger partial charge in [-0.05, 0) is 18.6 Å². The number of rotatable bonds is 3. The predicted molar refractivity (Wildman–Crippen MR) is 105 cm³/mol. The summed E-state index contributed by atoms with van der Waals surface area (Å²) in [4.78, 5) is 19.4. The lowest BCUT2D eigenvalue weighted by Gasteiger charge is -2.27. The lowest BCUT2D eigenvalue weighted by molar-refractivity contribution is 0.0697. The van der Waals surface area contributed by atoms with Crippen LogP contribution in [0.25, 0.3) is 0 Å². The molecule has 0 spiro atoms. The minimum Gasteiger partial charge on any atom is -0.330 e. The highest BCUT2D eigenvalue weighted by Gasteiger charge is 2.36. The van der Waals surface area contributed by atoms with Gasteiger partial charge in [-0.3, -0.25) is 4.79 Å². The number of aromatic nitrogens is 2. The SMILES string of the molecule is C[Si](C)(C)C#CCC(c1cnc2n1CCC2)N1Cc2c(F)cccc2C1=O. The van der Waals surface area contributed by atoms with Crippen LogP contribution in [-0.4, -0.2) is 28.4 Å². The second kappa shape index (κ2) is 6.65. The normalized spacial score (nSPS) is 16.7. The van der Waals surface area contributed by atoms with E-state index >= 15 is 0 Å². The maximum atomic E-state index is 14.3. The van der Waals surface area contributed by atoms with Gasteiger partial charge in [-0.2, -0.15) is 0 Å². The number of fused-ring (bicyclic) bond motifs is 2. The molecule has 1 aromatic heterocycles. The van der Waals surface area contributed by atoms with Gasteiger partial charge in [0.15, 0.2) is 0 Å².